The van der Waals surface area contributed by atoms with E-state index in [-0.39, 0.29) is 19.1 Å². The second-order valence-electron chi connectivity index (χ2n) is 7.67. The highest BCUT2D eigenvalue weighted by molar-refractivity contribution is 6.35. The van der Waals surface area contributed by atoms with Gasteiger partial charge in [0.25, 0.3) is 5.91 Å². The van der Waals surface area contributed by atoms with Crippen molar-refractivity contribution in [3.05, 3.63) is 87.4 Å². The second-order valence-corrected chi connectivity index (χ2v) is 8.49. The number of para-hydroxylation sites is 1. The molecule has 0 fully saturated rings. The molecular formula is C26H26Cl2N2O4. The van der Waals surface area contributed by atoms with Gasteiger partial charge in [0, 0.05) is 15.6 Å². The molecule has 6 nitrogen and oxygen atoms in total. The number of nitrogens with one attached hydrogen (secondary N) is 1. The van der Waals surface area contributed by atoms with Crippen LogP contribution in [0, 0.1) is 0 Å². The maximum atomic E-state index is 12.1. The fourth-order valence-electron chi connectivity index (χ4n) is 3.15. The average Bonchev–Trinajstić information content (AvgIpc) is 2.83. The molecule has 0 aromatic heterocycles. The Kier molecular flexibility index (Phi) is 9.19. The van der Waals surface area contributed by atoms with Crippen molar-refractivity contribution >= 4 is 35.3 Å². The number of hydrogen-bond donors (Lipinski definition) is 1. The number of amides is 1. The van der Waals surface area contributed by atoms with Crippen molar-refractivity contribution in [2.75, 3.05) is 13.7 Å². The lowest BCUT2D eigenvalue weighted by Crippen LogP contribution is -2.24. The van der Waals surface area contributed by atoms with Crippen LogP contribution < -0.4 is 19.6 Å². The van der Waals surface area contributed by atoms with Crippen LogP contribution in [-0.4, -0.2) is 25.8 Å². The van der Waals surface area contributed by atoms with Gasteiger partial charge in [-0.15, -0.1) is 0 Å². The van der Waals surface area contributed by atoms with E-state index in [1.165, 1.54) is 6.21 Å². The number of nitrogens with zero attached hydrogens (tertiary/aromatic N) is 1. The molecule has 3 aromatic rings. The molecule has 1 amide bonds. The van der Waals surface area contributed by atoms with E-state index in [4.69, 9.17) is 37.4 Å². The Morgan fingerprint density at radius 3 is 2.41 bits per heavy atom. The number of ether oxygens (including phenoxy) is 3. The molecule has 0 radical (unpaired) electrons. The molecule has 3 rings (SSSR count). The molecule has 8 heteroatoms. The first kappa shape index (κ1) is 25.4. The number of hydrogen-bond acceptors (Lipinski definition) is 5. The molecule has 0 aliphatic rings. The number of carbonyl (C=O) groups is 1. The fraction of sp³-hybridized carbons (Fsp3) is 0.231. The number of hydrazone groups is 1. The Bertz CT molecular complexity index is 1150. The summed E-state index contributed by atoms with van der Waals surface area (Å²) < 4.78 is 16.9. The molecule has 0 aliphatic heterocycles. The molecule has 178 valence electrons. The molecule has 1 N–H and O–H groups in total. The van der Waals surface area contributed by atoms with Crippen molar-refractivity contribution in [2.45, 2.75) is 26.4 Å². The van der Waals surface area contributed by atoms with Crippen LogP contribution in [0.4, 0.5) is 0 Å². The van der Waals surface area contributed by atoms with Gasteiger partial charge in [-0.3, -0.25) is 4.79 Å². The maximum Gasteiger partial charge on any atom is 0.277 e. The lowest BCUT2D eigenvalue weighted by molar-refractivity contribution is -0.123. The van der Waals surface area contributed by atoms with Gasteiger partial charge in [0.1, 0.15) is 12.4 Å². The minimum Gasteiger partial charge on any atom is -0.493 e. The molecule has 3 aromatic carbocycles. The van der Waals surface area contributed by atoms with Crippen LogP contribution >= 0.6 is 23.2 Å². The predicted octanol–water partition coefficient (Wildman–Crippen LogP) is 6.23. The van der Waals surface area contributed by atoms with E-state index >= 15 is 0 Å². The summed E-state index contributed by atoms with van der Waals surface area (Å²) in [7, 11) is 1.54. The molecule has 0 unspecified atom stereocenters. The van der Waals surface area contributed by atoms with Crippen molar-refractivity contribution in [1.82, 2.24) is 5.43 Å². The molecule has 0 aliphatic carbocycles. The monoisotopic (exact) mass is 500 g/mol. The zero-order chi connectivity index (χ0) is 24.5. The maximum absolute atomic E-state index is 12.1. The van der Waals surface area contributed by atoms with Crippen LogP contribution in [-0.2, 0) is 11.4 Å². The first-order chi connectivity index (χ1) is 16.4. The van der Waals surface area contributed by atoms with E-state index in [9.17, 15) is 4.79 Å². The Morgan fingerprint density at radius 1 is 0.971 bits per heavy atom. The van der Waals surface area contributed by atoms with Crippen molar-refractivity contribution in [3.8, 4) is 17.2 Å². The third kappa shape index (κ3) is 6.89. The lowest BCUT2D eigenvalue weighted by atomic mass is 10.0. The minimum absolute atomic E-state index is 0.137. The van der Waals surface area contributed by atoms with Gasteiger partial charge in [0.05, 0.1) is 13.3 Å². The van der Waals surface area contributed by atoms with Crippen LogP contribution in [0.25, 0.3) is 0 Å². The summed E-state index contributed by atoms with van der Waals surface area (Å²) in [5, 5.41) is 5.06. The summed E-state index contributed by atoms with van der Waals surface area (Å²) in [6.07, 6.45) is 1.51. The molecule has 0 spiro atoms. The summed E-state index contributed by atoms with van der Waals surface area (Å²) in [5.74, 6) is 1.65. The summed E-state index contributed by atoms with van der Waals surface area (Å²) in [5.41, 5.74) is 4.92. The summed E-state index contributed by atoms with van der Waals surface area (Å²) in [6, 6.07) is 18.2. The second kappa shape index (κ2) is 12.3. The van der Waals surface area contributed by atoms with E-state index in [2.05, 4.69) is 24.4 Å². The zero-order valence-corrected chi connectivity index (χ0v) is 20.7. The van der Waals surface area contributed by atoms with Crippen molar-refractivity contribution in [2.24, 2.45) is 5.10 Å². The number of carbonyl (C=O) groups excluding carboxylic acids is 1. The van der Waals surface area contributed by atoms with Crippen LogP contribution in [0.3, 0.4) is 0 Å². The normalized spacial score (nSPS) is 11.0. The van der Waals surface area contributed by atoms with E-state index in [0.717, 1.165) is 5.56 Å². The first-order valence-electron chi connectivity index (χ1n) is 10.7. The molecule has 0 atom stereocenters. The van der Waals surface area contributed by atoms with Gasteiger partial charge in [0.15, 0.2) is 18.1 Å². The largest absolute Gasteiger partial charge is 0.493 e. The number of rotatable bonds is 10. The molecule has 34 heavy (non-hydrogen) atoms. The fourth-order valence-corrected chi connectivity index (χ4v) is 3.65. The Hall–Kier alpha value is -3.22. The number of benzene rings is 3. The Balaban J connectivity index is 1.56. The average molecular weight is 501 g/mol. The Morgan fingerprint density at radius 2 is 1.71 bits per heavy atom. The zero-order valence-electron chi connectivity index (χ0n) is 19.2. The van der Waals surface area contributed by atoms with Crippen molar-refractivity contribution in [3.63, 3.8) is 0 Å². The van der Waals surface area contributed by atoms with Crippen molar-refractivity contribution in [1.29, 1.82) is 0 Å². The summed E-state index contributed by atoms with van der Waals surface area (Å²) in [4.78, 5) is 12.1. The first-order valence-corrected chi connectivity index (χ1v) is 11.4. The Labute approximate surface area is 209 Å². The minimum atomic E-state index is -0.363. The SMILES string of the molecule is COc1cc(/C=N/NC(=O)COc2ccccc2C(C)C)ccc1OCc1c(Cl)cccc1Cl. The molecule has 0 heterocycles. The van der Waals surface area contributed by atoms with Crippen LogP contribution in [0.15, 0.2) is 65.8 Å². The summed E-state index contributed by atoms with van der Waals surface area (Å²) in [6.45, 7) is 4.20. The highest BCUT2D eigenvalue weighted by Crippen LogP contribution is 2.31. The highest BCUT2D eigenvalue weighted by Gasteiger charge is 2.11. The van der Waals surface area contributed by atoms with Crippen LogP contribution in [0.2, 0.25) is 10.0 Å². The quantitative estimate of drug-likeness (QED) is 0.264. The van der Waals surface area contributed by atoms with Gasteiger partial charge in [-0.05, 0) is 53.4 Å². The molecular weight excluding hydrogens is 475 g/mol. The molecule has 0 bridgehead atoms. The smallest absolute Gasteiger partial charge is 0.277 e. The third-order valence-corrected chi connectivity index (χ3v) is 5.63. The van der Waals surface area contributed by atoms with E-state index in [0.29, 0.717) is 44.3 Å². The van der Waals surface area contributed by atoms with Gasteiger partial charge < -0.3 is 14.2 Å². The van der Waals surface area contributed by atoms with Crippen LogP contribution in [0.5, 0.6) is 17.2 Å². The van der Waals surface area contributed by atoms with Gasteiger partial charge >= 0.3 is 0 Å². The van der Waals surface area contributed by atoms with E-state index < -0.39 is 0 Å². The van der Waals surface area contributed by atoms with Gasteiger partial charge in [-0.1, -0.05) is 61.3 Å². The van der Waals surface area contributed by atoms with Crippen LogP contribution in [0.1, 0.15) is 36.5 Å². The number of methoxy groups -OCH3 is 1. The molecule has 0 saturated carbocycles. The van der Waals surface area contributed by atoms with Crippen molar-refractivity contribution < 1.29 is 19.0 Å². The third-order valence-electron chi connectivity index (χ3n) is 4.92. The van der Waals surface area contributed by atoms with Gasteiger partial charge in [-0.2, -0.15) is 5.10 Å². The number of halogens is 2. The van der Waals surface area contributed by atoms with E-state index in [1.54, 1.807) is 43.5 Å². The standard InChI is InChI=1S/C26H26Cl2N2O4/c1-17(2)19-7-4-5-10-23(19)34-16-26(31)30-29-14-18-11-12-24(25(13-18)32-3)33-15-20-21(27)8-6-9-22(20)28/h4-14,17H,15-16H2,1-3H3,(H,30,31)/b29-14+. The molecule has 0 saturated heterocycles. The lowest BCUT2D eigenvalue weighted by Gasteiger charge is -2.13. The highest BCUT2D eigenvalue weighted by atomic mass is 35.5. The van der Waals surface area contributed by atoms with E-state index in [1.807, 2.05) is 24.3 Å². The van der Waals surface area contributed by atoms with Gasteiger partial charge in [-0.25, -0.2) is 5.43 Å². The topological polar surface area (TPSA) is 69.2 Å². The van der Waals surface area contributed by atoms with Gasteiger partial charge in [0.2, 0.25) is 0 Å². The predicted molar refractivity (Wildman–Crippen MR) is 136 cm³/mol. The summed E-state index contributed by atoms with van der Waals surface area (Å²) >= 11 is 12.4.